The number of ether oxygens (including phenoxy) is 2. The third kappa shape index (κ3) is 4.50. The van der Waals surface area contributed by atoms with Crippen molar-refractivity contribution in [3.05, 3.63) is 70.5 Å². The van der Waals surface area contributed by atoms with Gasteiger partial charge in [-0.05, 0) is 62.2 Å². The molecule has 7 rings (SSSR count). The van der Waals surface area contributed by atoms with E-state index in [1.165, 1.54) is 16.9 Å². The van der Waals surface area contributed by atoms with Crippen LogP contribution < -0.4 is 15.2 Å². The average Bonchev–Trinajstić information content (AvgIpc) is 3.40. The Morgan fingerprint density at radius 2 is 1.90 bits per heavy atom. The number of nitrogens with two attached hydrogens (primary N) is 1. The van der Waals surface area contributed by atoms with E-state index in [0.29, 0.717) is 47.0 Å². The van der Waals surface area contributed by atoms with E-state index in [2.05, 4.69) is 21.0 Å². The zero-order chi connectivity index (χ0) is 27.6. The highest BCUT2D eigenvalue weighted by Gasteiger charge is 2.59. The molecule has 9 nitrogen and oxygen atoms in total. The summed E-state index contributed by atoms with van der Waals surface area (Å²) in [4.78, 5) is 33.9. The summed E-state index contributed by atoms with van der Waals surface area (Å²) in [6, 6.07) is 12.0. The quantitative estimate of drug-likeness (QED) is 0.376. The SMILES string of the molecule is Cc1nc(-c2ncccn2)sc1C(=O)N1CC2C(C1)C2Oc1cc(C(C)(C)N)cc(-c2ccc3c(c2)CCO3)n1. The molecule has 1 saturated heterocycles. The molecule has 0 radical (unpaired) electrons. The number of carbonyl (C=O) groups excluding carboxylic acids is 1. The Kier molecular flexibility index (Phi) is 5.87. The summed E-state index contributed by atoms with van der Waals surface area (Å²) >= 11 is 1.35. The van der Waals surface area contributed by atoms with E-state index >= 15 is 0 Å². The molecule has 2 fully saturated rings. The highest BCUT2D eigenvalue weighted by molar-refractivity contribution is 7.17. The van der Waals surface area contributed by atoms with Gasteiger partial charge >= 0.3 is 0 Å². The molecule has 2 N–H and O–H groups in total. The second-order valence-electron chi connectivity index (χ2n) is 11.3. The first-order chi connectivity index (χ1) is 19.2. The van der Waals surface area contributed by atoms with Crippen molar-refractivity contribution in [2.24, 2.45) is 17.6 Å². The van der Waals surface area contributed by atoms with Crippen molar-refractivity contribution in [2.75, 3.05) is 19.7 Å². The smallest absolute Gasteiger partial charge is 0.265 e. The number of fused-ring (bicyclic) bond motifs is 2. The fourth-order valence-corrected chi connectivity index (χ4v) is 6.61. The second-order valence-corrected chi connectivity index (χ2v) is 12.3. The van der Waals surface area contributed by atoms with Crippen molar-refractivity contribution >= 4 is 17.2 Å². The van der Waals surface area contributed by atoms with E-state index in [-0.39, 0.29) is 23.8 Å². The van der Waals surface area contributed by atoms with E-state index in [1.54, 1.807) is 18.5 Å². The molecule has 1 aromatic carbocycles. The largest absolute Gasteiger partial charge is 0.493 e. The van der Waals surface area contributed by atoms with Crippen molar-refractivity contribution in [3.63, 3.8) is 0 Å². The minimum absolute atomic E-state index is 0.0102. The fourth-order valence-electron chi connectivity index (χ4n) is 5.63. The molecule has 2 atom stereocenters. The third-order valence-corrected chi connectivity index (χ3v) is 9.08. The van der Waals surface area contributed by atoms with Gasteiger partial charge in [-0.15, -0.1) is 11.3 Å². The molecular weight excluding hydrogens is 524 g/mol. The molecule has 10 heteroatoms. The molecule has 4 aromatic rings. The van der Waals surface area contributed by atoms with Crippen LogP contribution in [0.1, 0.15) is 40.3 Å². The summed E-state index contributed by atoms with van der Waals surface area (Å²) in [6.45, 7) is 7.86. The van der Waals surface area contributed by atoms with Crippen molar-refractivity contribution in [1.82, 2.24) is 24.8 Å². The molecule has 1 saturated carbocycles. The molecule has 2 aliphatic heterocycles. The van der Waals surface area contributed by atoms with Gasteiger partial charge in [0.15, 0.2) is 10.8 Å². The van der Waals surface area contributed by atoms with E-state index in [1.807, 2.05) is 49.9 Å². The monoisotopic (exact) mass is 554 g/mol. The third-order valence-electron chi connectivity index (χ3n) is 7.94. The molecule has 3 aromatic heterocycles. The number of piperidine rings is 1. The number of aromatic nitrogens is 4. The first kappa shape index (κ1) is 25.1. The van der Waals surface area contributed by atoms with Crippen molar-refractivity contribution in [2.45, 2.75) is 38.8 Å². The van der Waals surface area contributed by atoms with Gasteiger partial charge < -0.3 is 20.1 Å². The predicted molar refractivity (Wildman–Crippen MR) is 151 cm³/mol. The Balaban J connectivity index is 1.06. The first-order valence-corrected chi connectivity index (χ1v) is 14.3. The highest BCUT2D eigenvalue weighted by Crippen LogP contribution is 2.48. The molecule has 0 bridgehead atoms. The van der Waals surface area contributed by atoms with Gasteiger partial charge in [0.2, 0.25) is 5.88 Å². The van der Waals surface area contributed by atoms with Crippen LogP contribution in [0.3, 0.4) is 0 Å². The Bertz CT molecular complexity index is 1600. The first-order valence-electron chi connectivity index (χ1n) is 13.5. The van der Waals surface area contributed by atoms with E-state index in [9.17, 15) is 4.79 Å². The number of benzene rings is 1. The fraction of sp³-hybridized carbons (Fsp3) is 0.367. The lowest BCUT2D eigenvalue weighted by Gasteiger charge is -2.22. The summed E-state index contributed by atoms with van der Waals surface area (Å²) in [6.07, 6.45) is 4.29. The average molecular weight is 555 g/mol. The van der Waals surface area contributed by atoms with E-state index in [0.717, 1.165) is 29.0 Å². The minimum Gasteiger partial charge on any atom is -0.493 e. The number of pyridine rings is 1. The van der Waals surface area contributed by atoms with Gasteiger partial charge in [0.25, 0.3) is 5.91 Å². The van der Waals surface area contributed by atoms with Crippen molar-refractivity contribution in [1.29, 1.82) is 0 Å². The number of nitrogens with zero attached hydrogens (tertiary/aromatic N) is 5. The van der Waals surface area contributed by atoms with Crippen LogP contribution in [0.5, 0.6) is 11.6 Å². The van der Waals surface area contributed by atoms with Crippen LogP contribution in [-0.2, 0) is 12.0 Å². The van der Waals surface area contributed by atoms with Crippen LogP contribution in [0.4, 0.5) is 0 Å². The maximum atomic E-state index is 13.4. The Morgan fingerprint density at radius 3 is 2.65 bits per heavy atom. The van der Waals surface area contributed by atoms with Gasteiger partial charge in [-0.1, -0.05) is 0 Å². The lowest BCUT2D eigenvalue weighted by atomic mass is 9.94. The van der Waals surface area contributed by atoms with Crippen LogP contribution in [-0.4, -0.2) is 56.5 Å². The van der Waals surface area contributed by atoms with Crippen LogP contribution >= 0.6 is 11.3 Å². The number of amides is 1. The lowest BCUT2D eigenvalue weighted by Crippen LogP contribution is -2.33. The van der Waals surface area contributed by atoms with Gasteiger partial charge in [-0.25, -0.2) is 19.9 Å². The topological polar surface area (TPSA) is 116 Å². The summed E-state index contributed by atoms with van der Waals surface area (Å²) in [5.41, 5.74) is 10.7. The lowest BCUT2D eigenvalue weighted by molar-refractivity contribution is 0.0755. The van der Waals surface area contributed by atoms with Gasteiger partial charge in [-0.2, -0.15) is 0 Å². The van der Waals surface area contributed by atoms with Gasteiger partial charge in [0.1, 0.15) is 16.7 Å². The number of thiazole rings is 1. The van der Waals surface area contributed by atoms with Crippen LogP contribution in [0, 0.1) is 18.8 Å². The summed E-state index contributed by atoms with van der Waals surface area (Å²) in [5.74, 6) is 2.63. The zero-order valence-corrected chi connectivity index (χ0v) is 23.4. The van der Waals surface area contributed by atoms with Gasteiger partial charge in [0, 0.05) is 60.9 Å². The molecule has 40 heavy (non-hydrogen) atoms. The summed E-state index contributed by atoms with van der Waals surface area (Å²) in [5, 5.41) is 0.660. The minimum atomic E-state index is -0.547. The highest BCUT2D eigenvalue weighted by atomic mass is 32.1. The molecule has 1 amide bonds. The number of hydrogen-bond acceptors (Lipinski definition) is 9. The van der Waals surface area contributed by atoms with E-state index in [4.69, 9.17) is 20.2 Å². The van der Waals surface area contributed by atoms with Gasteiger partial charge in [0.05, 0.1) is 18.0 Å². The molecule has 204 valence electrons. The van der Waals surface area contributed by atoms with Crippen molar-refractivity contribution < 1.29 is 14.3 Å². The van der Waals surface area contributed by atoms with E-state index < -0.39 is 5.54 Å². The molecule has 1 aliphatic carbocycles. The Morgan fingerprint density at radius 1 is 1.12 bits per heavy atom. The zero-order valence-electron chi connectivity index (χ0n) is 22.6. The second kappa shape index (κ2) is 9.35. The van der Waals surface area contributed by atoms with Crippen LogP contribution in [0.15, 0.2) is 48.8 Å². The maximum absolute atomic E-state index is 13.4. The normalized spacial score (nSPS) is 21.1. The number of carbonyl (C=O) groups is 1. The molecule has 3 aliphatic rings. The summed E-state index contributed by atoms with van der Waals surface area (Å²) in [7, 11) is 0. The van der Waals surface area contributed by atoms with Crippen LogP contribution in [0.2, 0.25) is 0 Å². The standard InChI is InChI=1S/C30H30N6O3S/c1-16-26(40-28(34-16)27-32-8-4-9-33-27)29(37)36-14-20-21(15-36)25(20)39-24-13-19(30(2,3)31)12-22(35-24)17-5-6-23-18(11-17)7-10-38-23/h4-6,8-9,11-13,20-21,25H,7,10,14-15,31H2,1-3H3. The number of rotatable bonds is 6. The summed E-state index contributed by atoms with van der Waals surface area (Å²) < 4.78 is 12.1. The molecule has 5 heterocycles. The predicted octanol–water partition coefficient (Wildman–Crippen LogP) is 4.25. The molecule has 0 spiro atoms. The maximum Gasteiger partial charge on any atom is 0.265 e. The molecule has 2 unspecified atom stereocenters. The Hall–Kier alpha value is -3.89. The number of likely N-dealkylation sites (tertiary alicyclic amines) is 1. The molecular formula is C30H30N6O3S. The number of aryl methyl sites for hydroxylation is 1. The number of hydrogen-bond donors (Lipinski definition) is 1. The Labute approximate surface area is 236 Å². The van der Waals surface area contributed by atoms with Crippen LogP contribution in [0.25, 0.3) is 22.1 Å². The van der Waals surface area contributed by atoms with Gasteiger partial charge in [-0.3, -0.25) is 4.79 Å². The van der Waals surface area contributed by atoms with Crippen molar-refractivity contribution in [3.8, 4) is 33.7 Å².